The molecule has 0 saturated carbocycles. The van der Waals surface area contributed by atoms with Crippen LogP contribution in [0.2, 0.25) is 0 Å². The Kier molecular flexibility index (Phi) is 5.15. The molecule has 0 aliphatic carbocycles. The van der Waals surface area contributed by atoms with Crippen molar-refractivity contribution < 1.29 is 4.79 Å². The fourth-order valence-corrected chi connectivity index (χ4v) is 3.77. The number of para-hydroxylation sites is 2. The summed E-state index contributed by atoms with van der Waals surface area (Å²) in [6, 6.07) is 18.0. The predicted molar refractivity (Wildman–Crippen MR) is 115 cm³/mol. The van der Waals surface area contributed by atoms with Crippen LogP contribution in [0.15, 0.2) is 75.4 Å². The minimum atomic E-state index is -0.530. The molecule has 4 aromatic rings. The Labute approximate surface area is 174 Å². The van der Waals surface area contributed by atoms with Gasteiger partial charge in [-0.1, -0.05) is 36.4 Å². The molecule has 0 atom stereocenters. The first-order valence-electron chi connectivity index (χ1n) is 9.03. The summed E-state index contributed by atoms with van der Waals surface area (Å²) in [4.78, 5) is 37.7. The molecule has 30 heavy (non-hydrogen) atoms. The van der Waals surface area contributed by atoms with Crippen LogP contribution in [0.3, 0.4) is 0 Å². The summed E-state index contributed by atoms with van der Waals surface area (Å²) in [5.74, 6) is 0. The molecule has 4 rings (SSSR count). The molecule has 9 nitrogen and oxygen atoms in total. The van der Waals surface area contributed by atoms with Crippen molar-refractivity contribution in [3.8, 4) is 11.4 Å². The number of anilines is 1. The van der Waals surface area contributed by atoms with Crippen LogP contribution in [0, 0.1) is 6.92 Å². The number of amides is 1. The van der Waals surface area contributed by atoms with Gasteiger partial charge in [-0.05, 0) is 31.2 Å². The van der Waals surface area contributed by atoms with Crippen LogP contribution in [0.1, 0.15) is 5.69 Å². The van der Waals surface area contributed by atoms with Crippen LogP contribution in [-0.2, 0) is 7.05 Å². The maximum atomic E-state index is 12.9. The normalized spacial score (nSPS) is 10.9. The lowest BCUT2D eigenvalue weighted by molar-refractivity contribution is 0.269. The Bertz CT molecular complexity index is 1320. The molecule has 0 fully saturated rings. The summed E-state index contributed by atoms with van der Waals surface area (Å²) < 4.78 is 4.45. The van der Waals surface area contributed by atoms with Gasteiger partial charge in [0.15, 0.2) is 0 Å². The number of nitrogens with zero attached hydrogens (tertiary/aromatic N) is 4. The van der Waals surface area contributed by atoms with Crippen molar-refractivity contribution in [1.29, 1.82) is 0 Å². The number of aromatic nitrogens is 5. The number of H-pyrrole nitrogens is 1. The SMILES string of the molecule is Cc1c(NC(=O)Sc2n[nH]c(=O)n2-c2ccccc2)c(=O)n(-c2ccccc2)n1C. The molecule has 0 unspecified atom stereocenters. The molecule has 1 amide bonds. The molecule has 2 aromatic carbocycles. The summed E-state index contributed by atoms with van der Waals surface area (Å²) in [5.41, 5.74) is 1.22. The highest BCUT2D eigenvalue weighted by molar-refractivity contribution is 8.13. The first kappa shape index (κ1) is 19.5. The van der Waals surface area contributed by atoms with Crippen LogP contribution >= 0.6 is 11.8 Å². The van der Waals surface area contributed by atoms with Gasteiger partial charge in [-0.25, -0.2) is 19.1 Å². The average molecular weight is 422 g/mol. The first-order chi connectivity index (χ1) is 14.5. The summed E-state index contributed by atoms with van der Waals surface area (Å²) in [7, 11) is 1.74. The largest absolute Gasteiger partial charge is 0.348 e. The topological polar surface area (TPSA) is 107 Å². The molecule has 0 bridgehead atoms. The van der Waals surface area contributed by atoms with E-state index in [1.54, 1.807) is 42.9 Å². The highest BCUT2D eigenvalue weighted by atomic mass is 32.2. The van der Waals surface area contributed by atoms with E-state index in [4.69, 9.17) is 0 Å². The van der Waals surface area contributed by atoms with E-state index in [9.17, 15) is 14.4 Å². The van der Waals surface area contributed by atoms with Gasteiger partial charge in [-0.2, -0.15) is 0 Å². The standard InChI is InChI=1S/C20H18N6O3S/c1-13-16(17(27)26(24(13)2)15-11-7-4-8-12-15)21-20(29)30-19-23-22-18(28)25(19)14-9-5-3-6-10-14/h3-12H,1-2H3,(H,21,29)(H,22,28). The summed E-state index contributed by atoms with van der Waals surface area (Å²) >= 11 is 0.722. The molecular weight excluding hydrogens is 404 g/mol. The molecule has 0 saturated heterocycles. The smallest absolute Gasteiger partial charge is 0.310 e. The lowest BCUT2D eigenvalue weighted by Crippen LogP contribution is -2.22. The molecule has 2 N–H and O–H groups in total. The Morgan fingerprint density at radius 1 is 1.00 bits per heavy atom. The van der Waals surface area contributed by atoms with Gasteiger partial charge in [-0.15, -0.1) is 5.10 Å². The van der Waals surface area contributed by atoms with Gasteiger partial charge < -0.3 is 5.32 Å². The second-order valence-corrected chi connectivity index (χ2v) is 7.37. The van der Waals surface area contributed by atoms with E-state index < -0.39 is 10.9 Å². The van der Waals surface area contributed by atoms with Crippen LogP contribution in [0.4, 0.5) is 10.5 Å². The third-order valence-corrected chi connectivity index (χ3v) is 5.37. The minimum absolute atomic E-state index is 0.167. The second kappa shape index (κ2) is 7.91. The van der Waals surface area contributed by atoms with Gasteiger partial charge in [0.05, 0.1) is 17.1 Å². The Morgan fingerprint density at radius 3 is 2.23 bits per heavy atom. The van der Waals surface area contributed by atoms with Gasteiger partial charge in [-0.3, -0.25) is 14.3 Å². The fourth-order valence-electron chi connectivity index (χ4n) is 3.08. The first-order valence-corrected chi connectivity index (χ1v) is 9.84. The maximum Gasteiger partial charge on any atom is 0.348 e. The maximum absolute atomic E-state index is 12.9. The number of benzene rings is 2. The van der Waals surface area contributed by atoms with E-state index >= 15 is 0 Å². The molecular formula is C20H18N6O3S. The molecule has 0 aliphatic rings. The monoisotopic (exact) mass is 422 g/mol. The molecule has 0 spiro atoms. The third-order valence-electron chi connectivity index (χ3n) is 4.62. The number of carbonyl (C=O) groups excluding carboxylic acids is 1. The molecule has 0 radical (unpaired) electrons. The molecule has 2 heterocycles. The predicted octanol–water partition coefficient (Wildman–Crippen LogP) is 2.68. The van der Waals surface area contributed by atoms with Crippen LogP contribution in [-0.4, -0.2) is 29.4 Å². The molecule has 2 aromatic heterocycles. The lowest BCUT2D eigenvalue weighted by atomic mass is 10.3. The molecule has 10 heteroatoms. The number of carbonyl (C=O) groups is 1. The number of hydrogen-bond donors (Lipinski definition) is 2. The van der Waals surface area contributed by atoms with Gasteiger partial charge in [0.25, 0.3) is 10.8 Å². The highest BCUT2D eigenvalue weighted by Gasteiger charge is 2.21. The van der Waals surface area contributed by atoms with Crippen molar-refractivity contribution in [2.24, 2.45) is 7.05 Å². The second-order valence-electron chi connectivity index (χ2n) is 6.43. The van der Waals surface area contributed by atoms with E-state index in [0.29, 0.717) is 17.1 Å². The molecule has 152 valence electrons. The fraction of sp³-hybridized carbons (Fsp3) is 0.100. The van der Waals surface area contributed by atoms with Crippen LogP contribution < -0.4 is 16.6 Å². The number of nitrogens with one attached hydrogen (secondary N) is 2. The zero-order valence-corrected chi connectivity index (χ0v) is 17.0. The van der Waals surface area contributed by atoms with Crippen LogP contribution in [0.25, 0.3) is 11.4 Å². The zero-order chi connectivity index (χ0) is 21.3. The summed E-state index contributed by atoms with van der Waals surface area (Å²) in [5, 5.41) is 8.56. The highest BCUT2D eigenvalue weighted by Crippen LogP contribution is 2.21. The molecule has 0 aliphatic heterocycles. The van der Waals surface area contributed by atoms with Crippen molar-refractivity contribution in [2.75, 3.05) is 5.32 Å². The number of rotatable bonds is 4. The Morgan fingerprint density at radius 2 is 1.60 bits per heavy atom. The quantitative estimate of drug-likeness (QED) is 0.492. The van der Waals surface area contributed by atoms with Gasteiger partial charge in [0.2, 0.25) is 5.16 Å². The number of hydrogen-bond acceptors (Lipinski definition) is 5. The Hall–Kier alpha value is -3.79. The minimum Gasteiger partial charge on any atom is -0.310 e. The van der Waals surface area contributed by atoms with Crippen molar-refractivity contribution in [3.63, 3.8) is 0 Å². The van der Waals surface area contributed by atoms with Crippen molar-refractivity contribution >= 4 is 22.7 Å². The van der Waals surface area contributed by atoms with E-state index in [0.717, 1.165) is 11.8 Å². The third kappa shape index (κ3) is 3.48. The summed E-state index contributed by atoms with van der Waals surface area (Å²) in [6.07, 6.45) is 0. The summed E-state index contributed by atoms with van der Waals surface area (Å²) in [6.45, 7) is 1.75. The van der Waals surface area contributed by atoms with E-state index in [1.807, 2.05) is 36.4 Å². The van der Waals surface area contributed by atoms with Gasteiger partial charge >= 0.3 is 5.69 Å². The van der Waals surface area contributed by atoms with Crippen molar-refractivity contribution in [1.82, 2.24) is 24.1 Å². The van der Waals surface area contributed by atoms with E-state index in [-0.39, 0.29) is 16.4 Å². The number of thioether (sulfide) groups is 1. The Balaban J connectivity index is 1.63. The van der Waals surface area contributed by atoms with E-state index in [2.05, 4.69) is 15.5 Å². The van der Waals surface area contributed by atoms with E-state index in [1.165, 1.54) is 9.25 Å². The van der Waals surface area contributed by atoms with Crippen molar-refractivity contribution in [2.45, 2.75) is 12.1 Å². The van der Waals surface area contributed by atoms with Crippen molar-refractivity contribution in [3.05, 3.63) is 87.2 Å². The number of aromatic amines is 1. The van der Waals surface area contributed by atoms with Gasteiger partial charge in [0, 0.05) is 18.8 Å². The van der Waals surface area contributed by atoms with Gasteiger partial charge in [0.1, 0.15) is 5.69 Å². The zero-order valence-electron chi connectivity index (χ0n) is 16.2. The average Bonchev–Trinajstić information content (AvgIpc) is 3.21. The van der Waals surface area contributed by atoms with Crippen LogP contribution in [0.5, 0.6) is 0 Å². The lowest BCUT2D eigenvalue weighted by Gasteiger charge is -2.07.